The van der Waals surface area contributed by atoms with Gasteiger partial charge >= 0.3 is 0 Å². The van der Waals surface area contributed by atoms with Crippen LogP contribution in [0.3, 0.4) is 0 Å². The molecule has 9 aromatic rings. The van der Waals surface area contributed by atoms with Crippen LogP contribution in [0, 0.1) is 0 Å². The second kappa shape index (κ2) is 13.5. The van der Waals surface area contributed by atoms with Crippen molar-refractivity contribution in [2.24, 2.45) is 0 Å². The highest BCUT2D eigenvalue weighted by molar-refractivity contribution is 6.09. The van der Waals surface area contributed by atoms with Crippen molar-refractivity contribution in [1.29, 1.82) is 0 Å². The Labute approximate surface area is 343 Å². The largest absolute Gasteiger partial charge is 0.333 e. The van der Waals surface area contributed by atoms with Crippen LogP contribution in [0.2, 0.25) is 0 Å². The van der Waals surface area contributed by atoms with E-state index < -0.39 is 0 Å². The molecule has 2 unspecified atom stereocenters. The molecule has 280 valence electrons. The molecule has 3 aliphatic rings. The molecular weight excluding hydrogens is 717 g/mol. The molecule has 0 fully saturated rings. The monoisotopic (exact) mass is 756 g/mol. The summed E-state index contributed by atoms with van der Waals surface area (Å²) >= 11 is 0. The van der Waals surface area contributed by atoms with Crippen molar-refractivity contribution < 1.29 is 0 Å². The lowest BCUT2D eigenvalue weighted by molar-refractivity contribution is 0.745. The van der Waals surface area contributed by atoms with E-state index in [1.165, 1.54) is 60.9 Å². The van der Waals surface area contributed by atoms with E-state index in [0.29, 0.717) is 5.92 Å². The van der Waals surface area contributed by atoms with E-state index in [4.69, 9.17) is 0 Å². The molecule has 4 heteroatoms. The van der Waals surface area contributed by atoms with Crippen LogP contribution in [0.4, 0.5) is 28.4 Å². The van der Waals surface area contributed by atoms with Crippen molar-refractivity contribution in [3.8, 4) is 11.4 Å². The van der Waals surface area contributed by atoms with E-state index in [2.05, 4.69) is 237 Å². The smallest absolute Gasteiger partial charge is 0.0629 e. The molecule has 0 bridgehead atoms. The fourth-order valence-electron chi connectivity index (χ4n) is 9.85. The molecule has 3 heterocycles. The molecule has 2 atom stereocenters. The van der Waals surface area contributed by atoms with Gasteiger partial charge in [0.1, 0.15) is 0 Å². The standard InChI is InChI=1S/C55H40N4/c1-2-14-44-45-15-4-9-21-51(45)57(50(44)20-3-1)41-32-26-38(27-33-41)56(39-28-34-42(35-29-39)58-52-22-10-5-16-46(52)47-17-6-11-23-53(47)58)40-30-36-43(37-31-40)59-54-24-12-7-18-48(54)49-19-8-13-25-55(49)59/h2-37,46,52H,1H2. The number of para-hydroxylation sites is 4. The quantitative estimate of drug-likeness (QED) is 0.168. The predicted octanol–water partition coefficient (Wildman–Crippen LogP) is 14.4. The van der Waals surface area contributed by atoms with Gasteiger partial charge in [-0.05, 0) is 115 Å². The van der Waals surface area contributed by atoms with Crippen LogP contribution in [-0.2, 0) is 0 Å². The molecule has 4 nitrogen and oxygen atoms in total. The SMILES string of the molecule is C1=CC2c3ccccc3N(c3ccc(N(c4ccc(-n5c6c(c7ccccc75)C=CCC=C6)cc4)c4ccc(-n5c6ccccc6c6ccccc65)cc4)cc3)C2C=C1. The van der Waals surface area contributed by atoms with Crippen LogP contribution >= 0.6 is 0 Å². The van der Waals surface area contributed by atoms with E-state index in [1.54, 1.807) is 0 Å². The first-order valence-corrected chi connectivity index (χ1v) is 20.6. The molecule has 1 aliphatic heterocycles. The van der Waals surface area contributed by atoms with Gasteiger partial charge in [-0.3, -0.25) is 0 Å². The number of benzene rings is 7. The Bertz CT molecular complexity index is 3140. The fraction of sp³-hybridized carbons (Fsp3) is 0.0545. The summed E-state index contributed by atoms with van der Waals surface area (Å²) in [7, 11) is 0. The normalized spacial score (nSPS) is 16.4. The van der Waals surface area contributed by atoms with E-state index in [-0.39, 0.29) is 6.04 Å². The zero-order chi connectivity index (χ0) is 38.9. The highest BCUT2D eigenvalue weighted by Crippen LogP contribution is 2.48. The summed E-state index contributed by atoms with van der Waals surface area (Å²) in [6.45, 7) is 0. The van der Waals surface area contributed by atoms with E-state index >= 15 is 0 Å². The van der Waals surface area contributed by atoms with Gasteiger partial charge < -0.3 is 18.9 Å². The third-order valence-electron chi connectivity index (χ3n) is 12.4. The van der Waals surface area contributed by atoms with Crippen LogP contribution in [-0.4, -0.2) is 15.2 Å². The molecule has 0 saturated carbocycles. The maximum Gasteiger partial charge on any atom is 0.0629 e. The van der Waals surface area contributed by atoms with Crippen molar-refractivity contribution >= 4 is 73.3 Å². The van der Waals surface area contributed by atoms with Gasteiger partial charge in [-0.1, -0.05) is 115 Å². The van der Waals surface area contributed by atoms with E-state index in [9.17, 15) is 0 Å². The Morgan fingerprint density at radius 1 is 0.441 bits per heavy atom. The first kappa shape index (κ1) is 33.6. The molecule has 0 N–H and O–H groups in total. The summed E-state index contributed by atoms with van der Waals surface area (Å²) in [6, 6.07) is 62.5. The zero-order valence-electron chi connectivity index (χ0n) is 32.4. The van der Waals surface area contributed by atoms with Gasteiger partial charge in [0.25, 0.3) is 0 Å². The van der Waals surface area contributed by atoms with Crippen LogP contribution in [0.15, 0.2) is 206 Å². The second-order valence-corrected chi connectivity index (χ2v) is 15.7. The number of nitrogens with zero attached hydrogens (tertiary/aromatic N) is 4. The average molecular weight is 757 g/mol. The Morgan fingerprint density at radius 2 is 0.949 bits per heavy atom. The van der Waals surface area contributed by atoms with Crippen LogP contribution in [0.1, 0.15) is 29.2 Å². The van der Waals surface area contributed by atoms with Crippen molar-refractivity contribution in [2.45, 2.75) is 18.4 Å². The number of hydrogen-bond donors (Lipinski definition) is 0. The van der Waals surface area contributed by atoms with Gasteiger partial charge in [0, 0.05) is 67.5 Å². The maximum atomic E-state index is 2.50. The maximum absolute atomic E-state index is 2.50. The molecule has 0 saturated heterocycles. The van der Waals surface area contributed by atoms with Gasteiger partial charge in [0.2, 0.25) is 0 Å². The molecule has 2 aliphatic carbocycles. The third-order valence-corrected chi connectivity index (χ3v) is 12.4. The summed E-state index contributed by atoms with van der Waals surface area (Å²) < 4.78 is 4.78. The van der Waals surface area contributed by atoms with Gasteiger partial charge in [-0.15, -0.1) is 0 Å². The molecule has 59 heavy (non-hydrogen) atoms. The number of aromatic nitrogens is 2. The molecule has 12 rings (SSSR count). The number of anilines is 5. The topological polar surface area (TPSA) is 16.3 Å². The summed E-state index contributed by atoms with van der Waals surface area (Å²) in [5.41, 5.74) is 15.5. The lowest BCUT2D eigenvalue weighted by atomic mass is 9.91. The lowest BCUT2D eigenvalue weighted by Crippen LogP contribution is -2.28. The number of hydrogen-bond acceptors (Lipinski definition) is 2. The minimum Gasteiger partial charge on any atom is -0.333 e. The van der Waals surface area contributed by atoms with Crippen molar-refractivity contribution in [1.82, 2.24) is 9.13 Å². The van der Waals surface area contributed by atoms with Gasteiger partial charge in [-0.25, -0.2) is 0 Å². The fourth-order valence-corrected chi connectivity index (χ4v) is 9.85. The minimum atomic E-state index is 0.255. The molecule has 2 aromatic heterocycles. The van der Waals surface area contributed by atoms with E-state index in [1.807, 2.05) is 0 Å². The number of fused-ring (bicyclic) bond motifs is 9. The van der Waals surface area contributed by atoms with Crippen molar-refractivity contribution in [2.75, 3.05) is 9.80 Å². The third kappa shape index (κ3) is 5.30. The van der Waals surface area contributed by atoms with E-state index in [0.717, 1.165) is 34.9 Å². The first-order chi connectivity index (χ1) is 29.3. The highest BCUT2D eigenvalue weighted by Gasteiger charge is 2.37. The van der Waals surface area contributed by atoms with Crippen molar-refractivity contribution in [3.63, 3.8) is 0 Å². The average Bonchev–Trinajstić information content (AvgIpc) is 3.85. The Balaban J connectivity index is 0.970. The van der Waals surface area contributed by atoms with Crippen molar-refractivity contribution in [3.05, 3.63) is 223 Å². The Morgan fingerprint density at radius 3 is 1.61 bits per heavy atom. The minimum absolute atomic E-state index is 0.255. The molecule has 7 aromatic carbocycles. The first-order valence-electron chi connectivity index (χ1n) is 20.6. The second-order valence-electron chi connectivity index (χ2n) is 15.7. The lowest BCUT2D eigenvalue weighted by Gasteiger charge is -2.30. The summed E-state index contributed by atoms with van der Waals surface area (Å²) in [5, 5.41) is 3.80. The van der Waals surface area contributed by atoms with Gasteiger partial charge in [0.05, 0.1) is 28.3 Å². The van der Waals surface area contributed by atoms with Gasteiger partial charge in [-0.2, -0.15) is 0 Å². The van der Waals surface area contributed by atoms with Crippen LogP contribution in [0.5, 0.6) is 0 Å². The van der Waals surface area contributed by atoms with Crippen LogP contribution < -0.4 is 9.80 Å². The van der Waals surface area contributed by atoms with Gasteiger partial charge in [0.15, 0.2) is 0 Å². The zero-order valence-corrected chi connectivity index (χ0v) is 32.4. The summed E-state index contributed by atoms with van der Waals surface area (Å²) in [6.07, 6.45) is 19.0. The Hall–Kier alpha value is -7.56. The Kier molecular flexibility index (Phi) is 7.70. The number of allylic oxidation sites excluding steroid dienone is 4. The molecule has 0 amide bonds. The summed E-state index contributed by atoms with van der Waals surface area (Å²) in [4.78, 5) is 4.88. The highest BCUT2D eigenvalue weighted by atomic mass is 15.2. The molecule has 0 spiro atoms. The molecule has 0 radical (unpaired) electrons. The predicted molar refractivity (Wildman–Crippen MR) is 248 cm³/mol. The summed E-state index contributed by atoms with van der Waals surface area (Å²) in [5.74, 6) is 0.345. The molecular formula is C55H40N4. The van der Waals surface area contributed by atoms with Crippen LogP contribution in [0.25, 0.3) is 56.2 Å². The number of rotatable bonds is 6.